The summed E-state index contributed by atoms with van der Waals surface area (Å²) in [4.78, 5) is 16.6. The zero-order valence-corrected chi connectivity index (χ0v) is 11.0. The predicted octanol–water partition coefficient (Wildman–Crippen LogP) is 0.540. The van der Waals surface area contributed by atoms with Crippen LogP contribution >= 0.6 is 0 Å². The first kappa shape index (κ1) is 12.8. The van der Waals surface area contributed by atoms with Crippen LogP contribution in [-0.4, -0.2) is 62.0 Å². The third-order valence-corrected chi connectivity index (χ3v) is 3.99. The summed E-state index contributed by atoms with van der Waals surface area (Å²) in [6.07, 6.45) is 4.22. The first-order chi connectivity index (χ1) is 8.25. The molecular formula is C13H25N3O. The Kier molecular flexibility index (Phi) is 4.80. The number of rotatable bonds is 2. The van der Waals surface area contributed by atoms with Gasteiger partial charge in [0.25, 0.3) is 0 Å². The van der Waals surface area contributed by atoms with E-state index in [1.165, 1.54) is 12.8 Å². The van der Waals surface area contributed by atoms with E-state index in [1.54, 1.807) is 0 Å². The van der Waals surface area contributed by atoms with E-state index in [0.717, 1.165) is 52.1 Å². The average Bonchev–Trinajstić information content (AvgIpc) is 2.55. The molecule has 0 aliphatic carbocycles. The largest absolute Gasteiger partial charge is 0.341 e. The highest BCUT2D eigenvalue weighted by atomic mass is 16.2. The van der Waals surface area contributed by atoms with Crippen LogP contribution in [0.4, 0.5) is 0 Å². The number of piperidine rings is 1. The smallest absolute Gasteiger partial charge is 0.222 e. The topological polar surface area (TPSA) is 35.6 Å². The van der Waals surface area contributed by atoms with Gasteiger partial charge in [0, 0.05) is 26.1 Å². The highest BCUT2D eigenvalue weighted by Gasteiger charge is 2.22. The number of hydrogen-bond acceptors (Lipinski definition) is 3. The minimum Gasteiger partial charge on any atom is -0.341 e. The zero-order valence-electron chi connectivity index (χ0n) is 11.0. The quantitative estimate of drug-likeness (QED) is 0.764. The number of nitrogens with zero attached hydrogens (tertiary/aromatic N) is 2. The number of carbonyl (C=O) groups is 1. The van der Waals surface area contributed by atoms with E-state index < -0.39 is 0 Å². The summed E-state index contributed by atoms with van der Waals surface area (Å²) in [6, 6.07) is 0. The van der Waals surface area contributed by atoms with E-state index in [-0.39, 0.29) is 0 Å². The van der Waals surface area contributed by atoms with E-state index in [4.69, 9.17) is 0 Å². The van der Waals surface area contributed by atoms with Crippen molar-refractivity contribution in [2.75, 3.05) is 46.3 Å². The molecule has 0 bridgehead atoms. The van der Waals surface area contributed by atoms with E-state index in [1.807, 2.05) is 0 Å². The molecule has 2 rings (SSSR count). The molecule has 2 saturated heterocycles. The number of amides is 1. The van der Waals surface area contributed by atoms with Gasteiger partial charge < -0.3 is 15.1 Å². The Balaban J connectivity index is 1.77. The summed E-state index contributed by atoms with van der Waals surface area (Å²) >= 11 is 0. The Morgan fingerprint density at radius 2 is 1.94 bits per heavy atom. The molecule has 2 heterocycles. The third-order valence-electron chi connectivity index (χ3n) is 3.99. The third kappa shape index (κ3) is 3.96. The van der Waals surface area contributed by atoms with Crippen LogP contribution < -0.4 is 5.32 Å². The monoisotopic (exact) mass is 239 g/mol. The summed E-state index contributed by atoms with van der Waals surface area (Å²) in [7, 11) is 2.14. The predicted molar refractivity (Wildman–Crippen MR) is 68.9 cm³/mol. The number of likely N-dealkylation sites (N-methyl/N-ethyl adjacent to an activating group) is 1. The lowest BCUT2D eigenvalue weighted by Crippen LogP contribution is -2.37. The Bertz CT molecular complexity index is 251. The average molecular weight is 239 g/mol. The maximum Gasteiger partial charge on any atom is 0.222 e. The minimum atomic E-state index is 0.382. The molecule has 2 aliphatic rings. The molecule has 0 unspecified atom stereocenters. The molecule has 98 valence electrons. The van der Waals surface area contributed by atoms with E-state index in [0.29, 0.717) is 11.8 Å². The molecule has 1 amide bonds. The van der Waals surface area contributed by atoms with Crippen molar-refractivity contribution in [2.24, 2.45) is 5.92 Å². The van der Waals surface area contributed by atoms with Crippen molar-refractivity contribution >= 4 is 5.91 Å². The number of carbonyl (C=O) groups excluding carboxylic acids is 1. The van der Waals surface area contributed by atoms with Gasteiger partial charge in [0.2, 0.25) is 5.91 Å². The molecule has 2 aliphatic heterocycles. The SMILES string of the molecule is CN1CCCN(C(=O)CC2CCNCC2)CC1. The highest BCUT2D eigenvalue weighted by molar-refractivity contribution is 5.76. The van der Waals surface area contributed by atoms with Crippen LogP contribution in [0.25, 0.3) is 0 Å². The molecule has 1 N–H and O–H groups in total. The van der Waals surface area contributed by atoms with Crippen molar-refractivity contribution in [1.82, 2.24) is 15.1 Å². The van der Waals surface area contributed by atoms with Crippen molar-refractivity contribution < 1.29 is 4.79 Å². The van der Waals surface area contributed by atoms with Gasteiger partial charge in [0.1, 0.15) is 0 Å². The second kappa shape index (κ2) is 6.36. The summed E-state index contributed by atoms with van der Waals surface area (Å²) in [5, 5.41) is 3.35. The molecular weight excluding hydrogens is 214 g/mol. The Hall–Kier alpha value is -0.610. The molecule has 0 atom stereocenters. The standard InChI is InChI=1S/C13H25N3O/c1-15-7-2-8-16(10-9-15)13(17)11-12-3-5-14-6-4-12/h12,14H,2-11H2,1H3. The van der Waals surface area contributed by atoms with Gasteiger partial charge >= 0.3 is 0 Å². The van der Waals surface area contributed by atoms with Crippen LogP contribution in [0, 0.1) is 5.92 Å². The highest BCUT2D eigenvalue weighted by Crippen LogP contribution is 2.17. The van der Waals surface area contributed by atoms with Crippen molar-refractivity contribution in [3.05, 3.63) is 0 Å². The first-order valence-electron chi connectivity index (χ1n) is 6.93. The molecule has 0 aromatic carbocycles. The fourth-order valence-corrected chi connectivity index (χ4v) is 2.76. The van der Waals surface area contributed by atoms with Crippen LogP contribution in [0.5, 0.6) is 0 Å². The maximum absolute atomic E-state index is 12.2. The van der Waals surface area contributed by atoms with Gasteiger partial charge in [0.15, 0.2) is 0 Å². The first-order valence-corrected chi connectivity index (χ1v) is 6.93. The summed E-state index contributed by atoms with van der Waals surface area (Å²) < 4.78 is 0. The summed E-state index contributed by atoms with van der Waals surface area (Å²) in [6.45, 7) is 6.19. The molecule has 0 aromatic heterocycles. The fraction of sp³-hybridized carbons (Fsp3) is 0.923. The van der Waals surface area contributed by atoms with Crippen LogP contribution in [0.3, 0.4) is 0 Å². The Labute approximate surface area is 104 Å². The fourth-order valence-electron chi connectivity index (χ4n) is 2.76. The van der Waals surface area contributed by atoms with Crippen LogP contribution in [0.15, 0.2) is 0 Å². The Morgan fingerprint density at radius 3 is 2.71 bits per heavy atom. The lowest BCUT2D eigenvalue weighted by atomic mass is 9.94. The van der Waals surface area contributed by atoms with Crippen LogP contribution in [-0.2, 0) is 4.79 Å². The molecule has 0 radical (unpaired) electrons. The molecule has 0 aromatic rings. The normalized spacial score (nSPS) is 24.6. The van der Waals surface area contributed by atoms with Crippen molar-refractivity contribution in [3.63, 3.8) is 0 Å². The molecule has 17 heavy (non-hydrogen) atoms. The second-order valence-electron chi connectivity index (χ2n) is 5.44. The summed E-state index contributed by atoms with van der Waals surface area (Å²) in [5.41, 5.74) is 0. The molecule has 4 nitrogen and oxygen atoms in total. The summed E-state index contributed by atoms with van der Waals surface area (Å²) in [5.74, 6) is 0.997. The lowest BCUT2D eigenvalue weighted by molar-refractivity contribution is -0.132. The van der Waals surface area contributed by atoms with Gasteiger partial charge in [-0.25, -0.2) is 0 Å². The Morgan fingerprint density at radius 1 is 1.18 bits per heavy atom. The van der Waals surface area contributed by atoms with Crippen LogP contribution in [0.1, 0.15) is 25.7 Å². The molecule has 0 saturated carbocycles. The van der Waals surface area contributed by atoms with Gasteiger partial charge in [0.05, 0.1) is 0 Å². The van der Waals surface area contributed by atoms with Crippen molar-refractivity contribution in [2.45, 2.75) is 25.7 Å². The van der Waals surface area contributed by atoms with Crippen LogP contribution in [0.2, 0.25) is 0 Å². The molecule has 0 spiro atoms. The molecule has 4 heteroatoms. The van der Waals surface area contributed by atoms with Gasteiger partial charge in [-0.1, -0.05) is 0 Å². The minimum absolute atomic E-state index is 0.382. The van der Waals surface area contributed by atoms with Gasteiger partial charge in [-0.05, 0) is 51.9 Å². The van der Waals surface area contributed by atoms with Crippen molar-refractivity contribution in [1.29, 1.82) is 0 Å². The van der Waals surface area contributed by atoms with Gasteiger partial charge in [-0.3, -0.25) is 4.79 Å². The van der Waals surface area contributed by atoms with Gasteiger partial charge in [-0.15, -0.1) is 0 Å². The molecule has 2 fully saturated rings. The maximum atomic E-state index is 12.2. The number of nitrogens with one attached hydrogen (secondary N) is 1. The van der Waals surface area contributed by atoms with Gasteiger partial charge in [-0.2, -0.15) is 0 Å². The lowest BCUT2D eigenvalue weighted by Gasteiger charge is -2.26. The number of hydrogen-bond donors (Lipinski definition) is 1. The van der Waals surface area contributed by atoms with E-state index in [9.17, 15) is 4.79 Å². The van der Waals surface area contributed by atoms with Crippen molar-refractivity contribution in [3.8, 4) is 0 Å². The van der Waals surface area contributed by atoms with E-state index >= 15 is 0 Å². The van der Waals surface area contributed by atoms with E-state index in [2.05, 4.69) is 22.2 Å². The second-order valence-corrected chi connectivity index (χ2v) is 5.44. The zero-order chi connectivity index (χ0) is 12.1.